The van der Waals surface area contributed by atoms with Crippen LogP contribution in [0.3, 0.4) is 0 Å². The van der Waals surface area contributed by atoms with Crippen LogP contribution >= 0.6 is 0 Å². The van der Waals surface area contributed by atoms with E-state index >= 15 is 0 Å². The molecule has 3 heterocycles. The zero-order valence-electron chi connectivity index (χ0n) is 18.0. The lowest BCUT2D eigenvalue weighted by atomic mass is 10.0. The maximum absolute atomic E-state index is 13.9. The molecule has 0 fully saturated rings. The number of anilines is 3. The number of aromatic nitrogens is 5. The quantitative estimate of drug-likeness (QED) is 0.267. The van der Waals surface area contributed by atoms with Crippen molar-refractivity contribution in [3.8, 4) is 11.1 Å². The van der Waals surface area contributed by atoms with Gasteiger partial charge in [0.2, 0.25) is 5.95 Å². The second-order valence-corrected chi connectivity index (χ2v) is 7.73. The van der Waals surface area contributed by atoms with Gasteiger partial charge in [-0.3, -0.25) is 4.79 Å². The number of carbonyl (C=O) groups is 1. The first kappa shape index (κ1) is 23.0. The summed E-state index contributed by atoms with van der Waals surface area (Å²) in [6, 6.07) is 8.21. The molecule has 0 aliphatic heterocycles. The van der Waals surface area contributed by atoms with Gasteiger partial charge in [0.05, 0.1) is 11.1 Å². The van der Waals surface area contributed by atoms with Crippen LogP contribution in [0.25, 0.3) is 27.7 Å². The summed E-state index contributed by atoms with van der Waals surface area (Å²) in [6.45, 7) is -1.51. The molecule has 9 nitrogen and oxygen atoms in total. The first-order valence-electron chi connectivity index (χ1n) is 10.3. The Morgan fingerprint density at radius 3 is 2.61 bits per heavy atom. The molecule has 1 amide bonds. The Bertz CT molecular complexity index is 1610. The van der Waals surface area contributed by atoms with Crippen molar-refractivity contribution in [2.45, 2.75) is 6.18 Å². The summed E-state index contributed by atoms with van der Waals surface area (Å²) in [5.74, 6) is -2.36. The second kappa shape index (κ2) is 8.48. The molecule has 0 atom stereocenters. The fourth-order valence-corrected chi connectivity index (χ4v) is 3.73. The van der Waals surface area contributed by atoms with E-state index in [0.29, 0.717) is 11.3 Å². The van der Waals surface area contributed by atoms with Crippen LogP contribution in [0.2, 0.25) is 0 Å². The highest BCUT2D eigenvalue weighted by Gasteiger charge is 2.29. The van der Waals surface area contributed by atoms with Gasteiger partial charge < -0.3 is 21.4 Å². The first-order chi connectivity index (χ1) is 17.1. The summed E-state index contributed by atoms with van der Waals surface area (Å²) in [4.78, 5) is 23.4. The van der Waals surface area contributed by atoms with E-state index in [1.807, 2.05) is 5.32 Å². The molecule has 0 saturated heterocycles. The van der Waals surface area contributed by atoms with E-state index in [9.17, 15) is 26.7 Å². The number of rotatable bonds is 5. The fourth-order valence-electron chi connectivity index (χ4n) is 3.73. The largest absolute Gasteiger partial charge is 0.405 e. The molecule has 36 heavy (non-hydrogen) atoms. The third-order valence-electron chi connectivity index (χ3n) is 5.24. The number of alkyl halides is 3. The number of amides is 1. The molecule has 0 radical (unpaired) electrons. The predicted octanol–water partition coefficient (Wildman–Crippen LogP) is 4.17. The fraction of sp³-hybridized carbons (Fsp3) is 0.0909. The standard InChI is InChI=1S/C22H15F5N8O/c23-11-5-14(24)17-15(6-11)33-21(34-17)32-12-3-1-10(2-4-12)16-13(20(36)29-8-22(25,26)27)7-35-18(16)19(28)30-9-31-35/h1-7,9H,8H2,(H,29,36)(H2,28,30,31)(H2,32,33,34). The van der Waals surface area contributed by atoms with Crippen LogP contribution in [0.15, 0.2) is 48.9 Å². The number of H-pyrrole nitrogens is 1. The van der Waals surface area contributed by atoms with Gasteiger partial charge in [0, 0.05) is 23.5 Å². The zero-order chi connectivity index (χ0) is 25.6. The summed E-state index contributed by atoms with van der Waals surface area (Å²) >= 11 is 0. The van der Waals surface area contributed by atoms with E-state index in [2.05, 4.69) is 25.4 Å². The second-order valence-electron chi connectivity index (χ2n) is 7.73. The highest BCUT2D eigenvalue weighted by atomic mass is 19.4. The lowest BCUT2D eigenvalue weighted by Gasteiger charge is -2.10. The molecule has 5 rings (SSSR count). The SMILES string of the molecule is Nc1ncnn2cc(C(=O)NCC(F)(F)F)c(-c3ccc(Nc4nc5c(F)cc(F)cc5[nH]4)cc3)c12. The van der Waals surface area contributed by atoms with Crippen LogP contribution < -0.4 is 16.4 Å². The van der Waals surface area contributed by atoms with Crippen LogP contribution in [-0.4, -0.2) is 43.2 Å². The molecule has 2 aromatic carbocycles. The van der Waals surface area contributed by atoms with E-state index in [1.54, 1.807) is 24.3 Å². The topological polar surface area (TPSA) is 126 Å². The van der Waals surface area contributed by atoms with Crippen molar-refractivity contribution in [3.63, 3.8) is 0 Å². The molecule has 0 aliphatic carbocycles. The van der Waals surface area contributed by atoms with E-state index in [1.165, 1.54) is 10.7 Å². The lowest BCUT2D eigenvalue weighted by Crippen LogP contribution is -2.33. The lowest BCUT2D eigenvalue weighted by molar-refractivity contribution is -0.123. The van der Waals surface area contributed by atoms with Crippen LogP contribution in [-0.2, 0) is 0 Å². The molecule has 5 aromatic rings. The smallest absolute Gasteiger partial charge is 0.382 e. The van der Waals surface area contributed by atoms with Crippen molar-refractivity contribution >= 4 is 39.9 Å². The third kappa shape index (κ3) is 4.35. The van der Waals surface area contributed by atoms with Crippen LogP contribution in [0, 0.1) is 11.6 Å². The highest BCUT2D eigenvalue weighted by Crippen LogP contribution is 2.33. The minimum absolute atomic E-state index is 0.0219. The Morgan fingerprint density at radius 1 is 1.14 bits per heavy atom. The summed E-state index contributed by atoms with van der Waals surface area (Å²) < 4.78 is 66.5. The average Bonchev–Trinajstić information content (AvgIpc) is 3.40. The summed E-state index contributed by atoms with van der Waals surface area (Å²) in [6.07, 6.45) is -2.17. The van der Waals surface area contributed by atoms with E-state index in [0.717, 1.165) is 18.5 Å². The van der Waals surface area contributed by atoms with Gasteiger partial charge in [-0.2, -0.15) is 18.3 Å². The van der Waals surface area contributed by atoms with Crippen molar-refractivity contribution < 1.29 is 26.7 Å². The minimum atomic E-state index is -4.59. The predicted molar refractivity (Wildman–Crippen MR) is 121 cm³/mol. The number of nitrogens with two attached hydrogens (primary N) is 1. The van der Waals surface area contributed by atoms with Crippen molar-refractivity contribution in [2.75, 3.05) is 17.6 Å². The summed E-state index contributed by atoms with van der Waals surface area (Å²) in [5, 5.41) is 8.76. The maximum atomic E-state index is 13.9. The Hall–Kier alpha value is -4.75. The number of benzene rings is 2. The van der Waals surface area contributed by atoms with Gasteiger partial charge in [0.15, 0.2) is 11.6 Å². The van der Waals surface area contributed by atoms with E-state index < -0.39 is 30.3 Å². The van der Waals surface area contributed by atoms with Crippen molar-refractivity contribution in [1.29, 1.82) is 0 Å². The minimum Gasteiger partial charge on any atom is -0.382 e. The summed E-state index contributed by atoms with van der Waals surface area (Å²) in [7, 11) is 0. The third-order valence-corrected chi connectivity index (χ3v) is 5.24. The molecule has 0 aliphatic rings. The molecule has 0 saturated carbocycles. The monoisotopic (exact) mass is 502 g/mol. The number of imidazole rings is 1. The molecule has 0 bridgehead atoms. The number of hydrogen-bond acceptors (Lipinski definition) is 6. The molecule has 0 spiro atoms. The molecule has 5 N–H and O–H groups in total. The van der Waals surface area contributed by atoms with Crippen LogP contribution in [0.1, 0.15) is 10.4 Å². The Labute approximate surface area is 198 Å². The van der Waals surface area contributed by atoms with Gasteiger partial charge in [0.1, 0.15) is 29.7 Å². The Morgan fingerprint density at radius 2 is 1.89 bits per heavy atom. The van der Waals surface area contributed by atoms with Crippen LogP contribution in [0.4, 0.5) is 39.4 Å². The van der Waals surface area contributed by atoms with Gasteiger partial charge in [-0.05, 0) is 23.8 Å². The molecule has 3 aromatic heterocycles. The maximum Gasteiger partial charge on any atom is 0.405 e. The first-order valence-corrected chi connectivity index (χ1v) is 10.3. The Balaban J connectivity index is 1.49. The number of hydrogen-bond donors (Lipinski definition) is 4. The van der Waals surface area contributed by atoms with Crippen molar-refractivity contribution in [3.05, 3.63) is 66.1 Å². The number of nitrogens with zero attached hydrogens (tertiary/aromatic N) is 4. The molecular formula is C22H15F5N8O. The van der Waals surface area contributed by atoms with Gasteiger partial charge in [-0.25, -0.2) is 23.3 Å². The van der Waals surface area contributed by atoms with Gasteiger partial charge in [-0.15, -0.1) is 0 Å². The molecule has 184 valence electrons. The van der Waals surface area contributed by atoms with E-state index in [4.69, 9.17) is 5.73 Å². The summed E-state index contributed by atoms with van der Waals surface area (Å²) in [5.41, 5.74) is 7.43. The van der Waals surface area contributed by atoms with Gasteiger partial charge >= 0.3 is 6.18 Å². The average molecular weight is 502 g/mol. The number of fused-ring (bicyclic) bond motifs is 2. The normalized spacial score (nSPS) is 11.8. The number of carbonyl (C=O) groups excluding carboxylic acids is 1. The number of aromatic amines is 1. The van der Waals surface area contributed by atoms with Crippen molar-refractivity contribution in [1.82, 2.24) is 29.9 Å². The highest BCUT2D eigenvalue weighted by molar-refractivity contribution is 6.07. The zero-order valence-corrected chi connectivity index (χ0v) is 18.0. The Kier molecular flexibility index (Phi) is 5.42. The number of nitrogens with one attached hydrogen (secondary N) is 3. The van der Waals surface area contributed by atoms with Gasteiger partial charge in [0.25, 0.3) is 5.91 Å². The molecule has 0 unspecified atom stereocenters. The number of nitrogen functional groups attached to an aromatic ring is 1. The van der Waals surface area contributed by atoms with Crippen LogP contribution in [0.5, 0.6) is 0 Å². The molecule has 14 heteroatoms. The van der Waals surface area contributed by atoms with Gasteiger partial charge in [-0.1, -0.05) is 12.1 Å². The van der Waals surface area contributed by atoms with Crippen molar-refractivity contribution in [2.24, 2.45) is 0 Å². The molecular weight excluding hydrogens is 487 g/mol. The number of halogens is 5. The van der Waals surface area contributed by atoms with E-state index in [-0.39, 0.29) is 39.4 Å².